The summed E-state index contributed by atoms with van der Waals surface area (Å²) in [5.41, 5.74) is 1.42. The second kappa shape index (κ2) is 12.4. The monoisotopic (exact) mass is 496 g/mol. The van der Waals surface area contributed by atoms with Crippen LogP contribution in [0.3, 0.4) is 0 Å². The molecular formula is C27H37FN6O2. The SMILES string of the molecule is COC[C@@H](C)N[C@H]1CC[C@H](Nc2cc(-c3cncc(NCC4(C#N)CCOCC4)c3)c(F)cn2)CC1. The number of nitrogens with zero attached hydrogens (tertiary/aromatic N) is 3. The predicted octanol–water partition coefficient (Wildman–Crippen LogP) is 4.36. The van der Waals surface area contributed by atoms with Gasteiger partial charge in [-0.2, -0.15) is 5.26 Å². The van der Waals surface area contributed by atoms with Crippen molar-refractivity contribution in [3.05, 3.63) is 36.5 Å². The van der Waals surface area contributed by atoms with E-state index in [1.165, 1.54) is 6.20 Å². The number of methoxy groups -OCH3 is 1. The van der Waals surface area contributed by atoms with Crippen molar-refractivity contribution in [3.63, 3.8) is 0 Å². The number of rotatable bonds is 10. The first kappa shape index (κ1) is 26.3. The molecule has 1 saturated heterocycles. The Morgan fingerprint density at radius 3 is 2.64 bits per heavy atom. The maximum absolute atomic E-state index is 14.8. The van der Waals surface area contributed by atoms with E-state index in [-0.39, 0.29) is 0 Å². The molecule has 8 nitrogen and oxygen atoms in total. The van der Waals surface area contributed by atoms with Gasteiger partial charge in [0.05, 0.1) is 30.0 Å². The van der Waals surface area contributed by atoms with Gasteiger partial charge in [-0.1, -0.05) is 0 Å². The lowest BCUT2D eigenvalue weighted by Gasteiger charge is -2.32. The Hall–Kier alpha value is -2.80. The first-order valence-corrected chi connectivity index (χ1v) is 12.9. The van der Waals surface area contributed by atoms with Crippen LogP contribution >= 0.6 is 0 Å². The fraction of sp³-hybridized carbons (Fsp3) is 0.593. The molecule has 3 N–H and O–H groups in total. The minimum Gasteiger partial charge on any atom is -0.383 e. The Labute approximate surface area is 213 Å². The lowest BCUT2D eigenvalue weighted by atomic mass is 9.81. The maximum Gasteiger partial charge on any atom is 0.149 e. The van der Waals surface area contributed by atoms with Crippen LogP contribution in [0.25, 0.3) is 11.1 Å². The molecule has 2 aliphatic rings. The zero-order valence-electron chi connectivity index (χ0n) is 21.2. The average Bonchev–Trinajstić information content (AvgIpc) is 2.90. The predicted molar refractivity (Wildman–Crippen MR) is 138 cm³/mol. The molecule has 0 unspecified atom stereocenters. The van der Waals surface area contributed by atoms with Crippen LogP contribution < -0.4 is 16.0 Å². The van der Waals surface area contributed by atoms with Crippen molar-refractivity contribution in [2.75, 3.05) is 44.1 Å². The van der Waals surface area contributed by atoms with E-state index in [0.29, 0.717) is 74.3 Å². The molecule has 4 rings (SSSR count). The third-order valence-corrected chi connectivity index (χ3v) is 7.24. The first-order valence-electron chi connectivity index (χ1n) is 12.9. The summed E-state index contributed by atoms with van der Waals surface area (Å²) >= 11 is 0. The van der Waals surface area contributed by atoms with Gasteiger partial charge < -0.3 is 25.4 Å². The number of ether oxygens (including phenoxy) is 2. The molecule has 0 amide bonds. The summed E-state index contributed by atoms with van der Waals surface area (Å²) in [6.45, 7) is 4.54. The van der Waals surface area contributed by atoms with Gasteiger partial charge in [0.1, 0.15) is 11.6 Å². The van der Waals surface area contributed by atoms with E-state index in [9.17, 15) is 9.65 Å². The van der Waals surface area contributed by atoms with Gasteiger partial charge in [-0.05, 0) is 57.6 Å². The van der Waals surface area contributed by atoms with Gasteiger partial charge in [0.2, 0.25) is 0 Å². The number of pyridine rings is 2. The molecule has 2 aromatic heterocycles. The smallest absolute Gasteiger partial charge is 0.149 e. The van der Waals surface area contributed by atoms with E-state index in [1.807, 2.05) is 6.07 Å². The molecule has 3 heterocycles. The molecule has 1 saturated carbocycles. The molecule has 1 aliphatic carbocycles. The summed E-state index contributed by atoms with van der Waals surface area (Å²) in [7, 11) is 1.73. The summed E-state index contributed by atoms with van der Waals surface area (Å²) in [5, 5.41) is 20.2. The molecule has 0 aromatic carbocycles. The molecule has 194 valence electrons. The van der Waals surface area contributed by atoms with E-state index in [4.69, 9.17) is 9.47 Å². The lowest BCUT2D eigenvalue weighted by Crippen LogP contribution is -2.42. The molecule has 0 spiro atoms. The largest absolute Gasteiger partial charge is 0.383 e. The minimum atomic E-state index is -0.455. The maximum atomic E-state index is 14.8. The van der Waals surface area contributed by atoms with E-state index in [1.54, 1.807) is 25.6 Å². The third kappa shape index (κ3) is 6.90. The highest BCUT2D eigenvalue weighted by molar-refractivity contribution is 5.69. The van der Waals surface area contributed by atoms with Gasteiger partial charge >= 0.3 is 0 Å². The van der Waals surface area contributed by atoms with Gasteiger partial charge in [-0.15, -0.1) is 0 Å². The fourth-order valence-electron chi connectivity index (χ4n) is 5.10. The van der Waals surface area contributed by atoms with Crippen molar-refractivity contribution >= 4 is 11.5 Å². The van der Waals surface area contributed by atoms with Gasteiger partial charge in [-0.25, -0.2) is 9.37 Å². The Morgan fingerprint density at radius 2 is 1.92 bits per heavy atom. The lowest BCUT2D eigenvalue weighted by molar-refractivity contribution is 0.0456. The van der Waals surface area contributed by atoms with Crippen LogP contribution in [0.15, 0.2) is 30.7 Å². The summed E-state index contributed by atoms with van der Waals surface area (Å²) in [6.07, 6.45) is 10.2. The molecule has 0 radical (unpaired) electrons. The van der Waals surface area contributed by atoms with E-state index in [2.05, 4.69) is 38.9 Å². The van der Waals surface area contributed by atoms with Crippen molar-refractivity contribution in [2.24, 2.45) is 5.41 Å². The van der Waals surface area contributed by atoms with Gasteiger partial charge in [0.25, 0.3) is 0 Å². The Balaban J connectivity index is 1.37. The average molecular weight is 497 g/mol. The third-order valence-electron chi connectivity index (χ3n) is 7.24. The van der Waals surface area contributed by atoms with Crippen molar-refractivity contribution in [1.82, 2.24) is 15.3 Å². The van der Waals surface area contributed by atoms with Crippen LogP contribution in [0.1, 0.15) is 45.4 Å². The number of aromatic nitrogens is 2. The fourth-order valence-corrected chi connectivity index (χ4v) is 5.10. The Bertz CT molecular complexity index is 1030. The zero-order valence-corrected chi connectivity index (χ0v) is 21.2. The molecule has 0 bridgehead atoms. The molecule has 9 heteroatoms. The highest BCUT2D eigenvalue weighted by atomic mass is 19.1. The number of anilines is 2. The van der Waals surface area contributed by atoms with Crippen molar-refractivity contribution in [1.29, 1.82) is 5.26 Å². The highest BCUT2D eigenvalue weighted by Crippen LogP contribution is 2.31. The zero-order chi connectivity index (χ0) is 25.4. The van der Waals surface area contributed by atoms with Crippen LogP contribution in [-0.2, 0) is 9.47 Å². The van der Waals surface area contributed by atoms with E-state index >= 15 is 0 Å². The molecular weight excluding hydrogens is 459 g/mol. The molecule has 2 aromatic rings. The highest BCUT2D eigenvalue weighted by Gasteiger charge is 2.32. The van der Waals surface area contributed by atoms with Crippen LogP contribution in [0.2, 0.25) is 0 Å². The Morgan fingerprint density at radius 1 is 1.17 bits per heavy atom. The standard InChI is InChI=1S/C27H37FN6O2/c1-19(16-35-2)33-21-3-5-22(6-4-21)34-26-12-24(25(28)15-31-26)20-11-23(14-30-13-20)32-18-27(17-29)7-9-36-10-8-27/h11-15,19,21-22,32-33H,3-10,16,18H2,1-2H3,(H,31,34)/t19-,21-,22-/m1/s1. The molecule has 2 fully saturated rings. The topological polar surface area (TPSA) is 104 Å². The van der Waals surface area contributed by atoms with Crippen LogP contribution in [-0.4, -0.2) is 61.6 Å². The summed E-state index contributed by atoms with van der Waals surface area (Å²) in [5.74, 6) is 0.275. The second-order valence-electron chi connectivity index (χ2n) is 10.1. The number of nitriles is 1. The second-order valence-corrected chi connectivity index (χ2v) is 10.1. The van der Waals surface area contributed by atoms with Crippen molar-refractivity contribution in [3.8, 4) is 17.2 Å². The number of nitrogens with one attached hydrogen (secondary N) is 3. The molecule has 1 atom stereocenters. The summed E-state index contributed by atoms with van der Waals surface area (Å²) in [4.78, 5) is 8.60. The summed E-state index contributed by atoms with van der Waals surface area (Å²) < 4.78 is 25.4. The van der Waals surface area contributed by atoms with Crippen LogP contribution in [0.5, 0.6) is 0 Å². The van der Waals surface area contributed by atoms with Crippen LogP contribution in [0.4, 0.5) is 15.9 Å². The van der Waals surface area contributed by atoms with Crippen molar-refractivity contribution in [2.45, 2.75) is 63.6 Å². The Kier molecular flexibility index (Phi) is 9.08. The normalized spacial score (nSPS) is 22.4. The first-order chi connectivity index (χ1) is 17.5. The summed E-state index contributed by atoms with van der Waals surface area (Å²) in [6, 6.07) is 7.23. The number of hydrogen-bond donors (Lipinski definition) is 3. The van der Waals surface area contributed by atoms with Gasteiger partial charge in [0, 0.05) is 68.5 Å². The van der Waals surface area contributed by atoms with Crippen LogP contribution in [0, 0.1) is 22.6 Å². The molecule has 36 heavy (non-hydrogen) atoms. The quantitative estimate of drug-likeness (QED) is 0.446. The molecule has 1 aliphatic heterocycles. The van der Waals surface area contributed by atoms with Gasteiger partial charge in [0.15, 0.2) is 0 Å². The van der Waals surface area contributed by atoms with E-state index < -0.39 is 11.2 Å². The number of hydrogen-bond acceptors (Lipinski definition) is 8. The van der Waals surface area contributed by atoms with Gasteiger partial charge in [-0.3, -0.25) is 4.98 Å². The van der Waals surface area contributed by atoms with Crippen molar-refractivity contribution < 1.29 is 13.9 Å². The van der Waals surface area contributed by atoms with E-state index in [0.717, 1.165) is 31.4 Å². The minimum absolute atomic E-state index is 0.305. The number of halogens is 1.